The van der Waals surface area contributed by atoms with Crippen LogP contribution >= 0.6 is 0 Å². The lowest BCUT2D eigenvalue weighted by molar-refractivity contribution is 0.102. The molecule has 0 aliphatic carbocycles. The summed E-state index contributed by atoms with van der Waals surface area (Å²) in [5.74, 6) is -0.392. The maximum Gasteiger partial charge on any atom is 0.284 e. The summed E-state index contributed by atoms with van der Waals surface area (Å²) in [5, 5.41) is 14.8. The van der Waals surface area contributed by atoms with Gasteiger partial charge in [0, 0.05) is 11.4 Å². The number of carbonyl (C=O) groups is 1. The van der Waals surface area contributed by atoms with Crippen molar-refractivity contribution in [1.82, 2.24) is 9.78 Å². The fourth-order valence-electron chi connectivity index (χ4n) is 2.31. The topological polar surface area (TPSA) is 87.1 Å². The zero-order chi connectivity index (χ0) is 16.4. The van der Waals surface area contributed by atoms with Gasteiger partial charge in [-0.1, -0.05) is 18.2 Å². The first-order chi connectivity index (χ1) is 11.1. The summed E-state index contributed by atoms with van der Waals surface area (Å²) >= 11 is 0. The zero-order valence-electron chi connectivity index (χ0n) is 12.4. The molecule has 0 spiro atoms. The molecule has 0 unspecified atom stereocenters. The highest BCUT2D eigenvalue weighted by Crippen LogP contribution is 2.15. The van der Waals surface area contributed by atoms with Crippen LogP contribution in [0.3, 0.4) is 0 Å². The number of hydrogen-bond acceptors (Lipinski definition) is 3. The van der Waals surface area contributed by atoms with Crippen LogP contribution in [0.25, 0.3) is 5.69 Å². The van der Waals surface area contributed by atoms with Crippen molar-refractivity contribution in [3.63, 3.8) is 0 Å². The average Bonchev–Trinajstić information content (AvgIpc) is 2.85. The van der Waals surface area contributed by atoms with Crippen LogP contribution in [0.15, 0.2) is 59.4 Å². The molecule has 6 nitrogen and oxygen atoms in total. The number of anilines is 1. The first kappa shape index (κ1) is 14.6. The molecule has 3 rings (SSSR count). The highest BCUT2D eigenvalue weighted by Gasteiger charge is 2.19. The van der Waals surface area contributed by atoms with Crippen LogP contribution in [-0.2, 0) is 0 Å². The van der Waals surface area contributed by atoms with Gasteiger partial charge in [0.15, 0.2) is 0 Å². The van der Waals surface area contributed by atoms with Crippen molar-refractivity contribution in [2.75, 3.05) is 5.32 Å². The number of phenolic OH excluding ortho intramolecular Hbond substituents is 1. The minimum Gasteiger partial charge on any atom is -0.508 e. The summed E-state index contributed by atoms with van der Waals surface area (Å²) in [7, 11) is 0. The number of aromatic amines is 1. The number of rotatable bonds is 3. The molecule has 116 valence electrons. The highest BCUT2D eigenvalue weighted by atomic mass is 16.3. The van der Waals surface area contributed by atoms with E-state index in [0.717, 1.165) is 0 Å². The van der Waals surface area contributed by atoms with E-state index >= 15 is 0 Å². The van der Waals surface area contributed by atoms with E-state index in [1.807, 2.05) is 18.2 Å². The van der Waals surface area contributed by atoms with Crippen LogP contribution in [0.1, 0.15) is 16.1 Å². The Balaban J connectivity index is 1.94. The first-order valence-corrected chi connectivity index (χ1v) is 7.03. The second-order valence-corrected chi connectivity index (χ2v) is 5.09. The summed E-state index contributed by atoms with van der Waals surface area (Å²) in [6.45, 7) is 1.67. The van der Waals surface area contributed by atoms with Gasteiger partial charge in [-0.05, 0) is 43.3 Å². The minimum absolute atomic E-state index is 0.0573. The summed E-state index contributed by atoms with van der Waals surface area (Å²) in [6.07, 6.45) is 0. The molecule has 3 aromatic rings. The van der Waals surface area contributed by atoms with Crippen LogP contribution < -0.4 is 10.9 Å². The van der Waals surface area contributed by atoms with Crippen molar-refractivity contribution in [2.45, 2.75) is 6.92 Å². The van der Waals surface area contributed by atoms with Crippen LogP contribution in [0.5, 0.6) is 5.75 Å². The summed E-state index contributed by atoms with van der Waals surface area (Å²) in [4.78, 5) is 24.9. The Hall–Kier alpha value is -3.28. The Morgan fingerprint density at radius 2 is 1.74 bits per heavy atom. The largest absolute Gasteiger partial charge is 0.508 e. The number of nitrogens with zero attached hydrogens (tertiary/aromatic N) is 1. The van der Waals surface area contributed by atoms with Crippen LogP contribution in [0, 0.1) is 6.92 Å². The number of carbonyl (C=O) groups excluding carboxylic acids is 1. The Kier molecular flexibility index (Phi) is 3.72. The lowest BCUT2D eigenvalue weighted by atomic mass is 10.2. The molecule has 1 amide bonds. The molecule has 1 heterocycles. The molecule has 0 radical (unpaired) electrons. The normalized spacial score (nSPS) is 10.5. The molecule has 6 heteroatoms. The molecule has 0 saturated heterocycles. The number of para-hydroxylation sites is 1. The molecule has 3 N–H and O–H groups in total. The smallest absolute Gasteiger partial charge is 0.284 e. The van der Waals surface area contributed by atoms with Crippen molar-refractivity contribution in [3.05, 3.63) is 76.2 Å². The second kappa shape index (κ2) is 5.84. The predicted molar refractivity (Wildman–Crippen MR) is 87.2 cm³/mol. The standard InChI is InChI=1S/C17H15N3O3/c1-11-15(16(22)18-12-7-9-14(21)10-8-12)17(23)20(19-11)13-5-3-2-4-6-13/h2-10,19,21H,1H3,(H,18,22). The van der Waals surface area contributed by atoms with Gasteiger partial charge in [0.1, 0.15) is 11.3 Å². The number of H-pyrrole nitrogens is 1. The predicted octanol–water partition coefficient (Wildman–Crippen LogP) is 2.43. The van der Waals surface area contributed by atoms with Gasteiger partial charge >= 0.3 is 0 Å². The molecule has 0 atom stereocenters. The van der Waals surface area contributed by atoms with E-state index in [1.54, 1.807) is 31.2 Å². The molecule has 0 aliphatic rings. The van der Waals surface area contributed by atoms with Gasteiger partial charge < -0.3 is 10.4 Å². The van der Waals surface area contributed by atoms with E-state index in [0.29, 0.717) is 17.1 Å². The Bertz CT molecular complexity index is 893. The number of amides is 1. The third-order valence-electron chi connectivity index (χ3n) is 3.44. The van der Waals surface area contributed by atoms with E-state index in [4.69, 9.17) is 0 Å². The molecule has 2 aromatic carbocycles. The van der Waals surface area contributed by atoms with Gasteiger partial charge in [0.2, 0.25) is 0 Å². The van der Waals surface area contributed by atoms with Crippen LogP contribution in [-0.4, -0.2) is 20.8 Å². The number of nitrogens with one attached hydrogen (secondary N) is 2. The maximum atomic E-state index is 12.5. The quantitative estimate of drug-likeness (QED) is 0.649. The molecule has 0 fully saturated rings. The van der Waals surface area contributed by atoms with E-state index in [-0.39, 0.29) is 11.3 Å². The van der Waals surface area contributed by atoms with E-state index in [2.05, 4.69) is 10.4 Å². The molecular weight excluding hydrogens is 294 g/mol. The van der Waals surface area contributed by atoms with Gasteiger partial charge in [0.05, 0.1) is 5.69 Å². The van der Waals surface area contributed by atoms with Gasteiger partial charge in [-0.25, -0.2) is 4.68 Å². The zero-order valence-corrected chi connectivity index (χ0v) is 12.4. The third-order valence-corrected chi connectivity index (χ3v) is 3.44. The number of phenols is 1. The average molecular weight is 309 g/mol. The number of aryl methyl sites for hydroxylation is 1. The van der Waals surface area contributed by atoms with E-state index < -0.39 is 11.5 Å². The van der Waals surface area contributed by atoms with Gasteiger partial charge in [-0.2, -0.15) is 0 Å². The van der Waals surface area contributed by atoms with Crippen molar-refractivity contribution >= 4 is 11.6 Å². The summed E-state index contributed by atoms with van der Waals surface area (Å²) in [6, 6.07) is 15.1. The number of aromatic nitrogens is 2. The van der Waals surface area contributed by atoms with Crippen molar-refractivity contribution in [2.24, 2.45) is 0 Å². The monoisotopic (exact) mass is 309 g/mol. The molecule has 1 aromatic heterocycles. The maximum absolute atomic E-state index is 12.5. The van der Waals surface area contributed by atoms with Crippen LogP contribution in [0.4, 0.5) is 5.69 Å². The van der Waals surface area contributed by atoms with E-state index in [1.165, 1.54) is 16.8 Å². The lowest BCUT2D eigenvalue weighted by Gasteiger charge is -2.03. The minimum atomic E-state index is -0.496. The molecule has 23 heavy (non-hydrogen) atoms. The molecule has 0 aliphatic heterocycles. The number of aromatic hydroxyl groups is 1. The SMILES string of the molecule is Cc1[nH]n(-c2ccccc2)c(=O)c1C(=O)Nc1ccc(O)cc1. The van der Waals surface area contributed by atoms with Crippen molar-refractivity contribution < 1.29 is 9.90 Å². The third kappa shape index (κ3) is 2.87. The Labute approximate surface area is 132 Å². The Morgan fingerprint density at radius 3 is 2.39 bits per heavy atom. The lowest BCUT2D eigenvalue weighted by Crippen LogP contribution is -2.24. The fraction of sp³-hybridized carbons (Fsp3) is 0.0588. The highest BCUT2D eigenvalue weighted by molar-refractivity contribution is 6.04. The Morgan fingerprint density at radius 1 is 1.09 bits per heavy atom. The van der Waals surface area contributed by atoms with Crippen molar-refractivity contribution in [3.8, 4) is 11.4 Å². The molecule has 0 bridgehead atoms. The van der Waals surface area contributed by atoms with Gasteiger partial charge in [-0.3, -0.25) is 14.7 Å². The summed E-state index contributed by atoms with van der Waals surface area (Å²) < 4.78 is 1.33. The number of hydrogen-bond donors (Lipinski definition) is 3. The number of benzene rings is 2. The van der Waals surface area contributed by atoms with E-state index in [9.17, 15) is 14.7 Å². The molecular formula is C17H15N3O3. The first-order valence-electron chi connectivity index (χ1n) is 7.03. The van der Waals surface area contributed by atoms with Gasteiger partial charge in [0.25, 0.3) is 11.5 Å². The second-order valence-electron chi connectivity index (χ2n) is 5.09. The van der Waals surface area contributed by atoms with Crippen LogP contribution in [0.2, 0.25) is 0 Å². The summed E-state index contributed by atoms with van der Waals surface area (Å²) in [5.41, 5.74) is 1.28. The van der Waals surface area contributed by atoms with Gasteiger partial charge in [-0.15, -0.1) is 0 Å². The van der Waals surface area contributed by atoms with Crippen molar-refractivity contribution in [1.29, 1.82) is 0 Å². The molecule has 0 saturated carbocycles. The fourth-order valence-corrected chi connectivity index (χ4v) is 2.31.